The molecule has 0 saturated carbocycles. The fourth-order valence-corrected chi connectivity index (χ4v) is 2.79. The standard InChI is InChI=1S/C18H30N2O4.H2/c1-4-14(21)8-6-5-7-10-19-16(22)9-11-20-17(23)12-15(13(2)3)18(20)24;/h13,15H,4-12H2,1-3H3,(H,19,22);1H. The molecule has 0 aliphatic carbocycles. The number of nitrogens with one attached hydrogen (secondary N) is 1. The van der Waals surface area contributed by atoms with E-state index >= 15 is 0 Å². The molecular formula is C18H32N2O4. The van der Waals surface area contributed by atoms with Crippen molar-refractivity contribution in [2.24, 2.45) is 11.8 Å². The smallest absolute Gasteiger partial charge is 0.233 e. The molecule has 1 heterocycles. The summed E-state index contributed by atoms with van der Waals surface area (Å²) in [7, 11) is 0. The molecule has 6 heteroatoms. The van der Waals surface area contributed by atoms with Crippen LogP contribution in [0.4, 0.5) is 0 Å². The van der Waals surface area contributed by atoms with E-state index in [2.05, 4.69) is 5.32 Å². The first-order valence-electron chi connectivity index (χ1n) is 8.99. The van der Waals surface area contributed by atoms with Crippen molar-refractivity contribution in [2.75, 3.05) is 13.1 Å². The number of carbonyl (C=O) groups is 4. The van der Waals surface area contributed by atoms with Crippen LogP contribution in [0.2, 0.25) is 0 Å². The highest BCUT2D eigenvalue weighted by molar-refractivity contribution is 6.03. The number of carbonyl (C=O) groups excluding carboxylic acids is 4. The summed E-state index contributed by atoms with van der Waals surface area (Å²) >= 11 is 0. The van der Waals surface area contributed by atoms with Crippen molar-refractivity contribution in [1.82, 2.24) is 10.2 Å². The van der Waals surface area contributed by atoms with Gasteiger partial charge in [-0.2, -0.15) is 0 Å². The van der Waals surface area contributed by atoms with Crippen molar-refractivity contribution in [3.8, 4) is 0 Å². The van der Waals surface area contributed by atoms with Gasteiger partial charge in [0, 0.05) is 46.1 Å². The molecule has 0 radical (unpaired) electrons. The average molecular weight is 340 g/mol. The van der Waals surface area contributed by atoms with Crippen molar-refractivity contribution < 1.29 is 20.6 Å². The lowest BCUT2D eigenvalue weighted by Crippen LogP contribution is -2.35. The first-order chi connectivity index (χ1) is 11.4. The predicted molar refractivity (Wildman–Crippen MR) is 93.2 cm³/mol. The van der Waals surface area contributed by atoms with Gasteiger partial charge in [-0.3, -0.25) is 24.1 Å². The molecule has 1 N–H and O–H groups in total. The van der Waals surface area contributed by atoms with Crippen molar-refractivity contribution in [2.45, 2.75) is 65.7 Å². The lowest BCUT2D eigenvalue weighted by Gasteiger charge is -2.16. The van der Waals surface area contributed by atoms with Gasteiger partial charge in [0.2, 0.25) is 17.7 Å². The number of nitrogens with zero attached hydrogens (tertiary/aromatic N) is 1. The van der Waals surface area contributed by atoms with E-state index < -0.39 is 0 Å². The molecule has 0 aromatic carbocycles. The maximum Gasteiger partial charge on any atom is 0.233 e. The molecule has 1 aliphatic heterocycles. The average Bonchev–Trinajstić information content (AvgIpc) is 2.83. The van der Waals surface area contributed by atoms with Crippen LogP contribution >= 0.6 is 0 Å². The molecule has 1 saturated heterocycles. The number of hydrogen-bond acceptors (Lipinski definition) is 4. The number of ketones is 1. The summed E-state index contributed by atoms with van der Waals surface area (Å²) in [6, 6.07) is 0. The van der Waals surface area contributed by atoms with Gasteiger partial charge in [0.05, 0.1) is 0 Å². The first kappa shape index (κ1) is 20.3. The van der Waals surface area contributed by atoms with Crippen LogP contribution in [0.3, 0.4) is 0 Å². The second-order valence-corrected chi connectivity index (χ2v) is 6.74. The predicted octanol–water partition coefficient (Wildman–Crippen LogP) is 2.31. The fourth-order valence-electron chi connectivity index (χ4n) is 2.79. The minimum Gasteiger partial charge on any atom is -0.356 e. The van der Waals surface area contributed by atoms with E-state index in [1.165, 1.54) is 4.90 Å². The summed E-state index contributed by atoms with van der Waals surface area (Å²) in [6.07, 6.45) is 4.20. The Bertz CT molecular complexity index is 480. The molecule has 3 amide bonds. The highest BCUT2D eigenvalue weighted by Crippen LogP contribution is 2.26. The maximum atomic E-state index is 12.1. The van der Waals surface area contributed by atoms with Gasteiger partial charge in [0.15, 0.2) is 0 Å². The Balaban J connectivity index is 0.00000576. The van der Waals surface area contributed by atoms with Crippen LogP contribution in [0.25, 0.3) is 0 Å². The molecule has 0 aromatic rings. The van der Waals surface area contributed by atoms with Crippen LogP contribution in [0.1, 0.15) is 67.1 Å². The van der Waals surface area contributed by atoms with Crippen molar-refractivity contribution in [3.63, 3.8) is 0 Å². The molecule has 1 aliphatic rings. The largest absolute Gasteiger partial charge is 0.356 e. The van der Waals surface area contributed by atoms with E-state index in [4.69, 9.17) is 0 Å². The van der Waals surface area contributed by atoms with Gasteiger partial charge >= 0.3 is 0 Å². The minimum atomic E-state index is -0.244. The quantitative estimate of drug-likeness (QED) is 0.462. The topological polar surface area (TPSA) is 83.6 Å². The van der Waals surface area contributed by atoms with Gasteiger partial charge in [0.1, 0.15) is 5.78 Å². The zero-order valence-electron chi connectivity index (χ0n) is 15.1. The van der Waals surface area contributed by atoms with E-state index in [1.807, 2.05) is 20.8 Å². The van der Waals surface area contributed by atoms with Crippen molar-refractivity contribution in [3.05, 3.63) is 0 Å². The third-order valence-corrected chi connectivity index (χ3v) is 4.49. The summed E-state index contributed by atoms with van der Waals surface area (Å²) in [5.41, 5.74) is 0. The number of imide groups is 1. The van der Waals surface area contributed by atoms with Gasteiger partial charge in [-0.05, 0) is 18.8 Å². The van der Waals surface area contributed by atoms with Crippen LogP contribution in [0, 0.1) is 11.8 Å². The molecule has 1 unspecified atom stereocenters. The zero-order chi connectivity index (χ0) is 18.1. The first-order valence-corrected chi connectivity index (χ1v) is 8.99. The minimum absolute atomic E-state index is 0. The third-order valence-electron chi connectivity index (χ3n) is 4.49. The van der Waals surface area contributed by atoms with Crippen molar-refractivity contribution in [1.29, 1.82) is 0 Å². The summed E-state index contributed by atoms with van der Waals surface area (Å²) in [5.74, 6) is -0.298. The maximum absolute atomic E-state index is 12.1. The molecule has 24 heavy (non-hydrogen) atoms. The molecule has 1 fully saturated rings. The molecule has 1 atom stereocenters. The van der Waals surface area contributed by atoms with Crippen molar-refractivity contribution >= 4 is 23.5 Å². The lowest BCUT2D eigenvalue weighted by molar-refractivity contribution is -0.140. The molecule has 138 valence electrons. The summed E-state index contributed by atoms with van der Waals surface area (Å²) < 4.78 is 0. The van der Waals surface area contributed by atoms with E-state index in [1.54, 1.807) is 0 Å². The molecular weight excluding hydrogens is 308 g/mol. The molecule has 0 spiro atoms. The van der Waals surface area contributed by atoms with Crippen LogP contribution in [0.15, 0.2) is 0 Å². The zero-order valence-corrected chi connectivity index (χ0v) is 15.1. The van der Waals surface area contributed by atoms with E-state index in [0.717, 1.165) is 19.3 Å². The van der Waals surface area contributed by atoms with Gasteiger partial charge in [-0.25, -0.2) is 0 Å². The third kappa shape index (κ3) is 6.42. The van der Waals surface area contributed by atoms with Crippen LogP contribution in [-0.2, 0) is 19.2 Å². The van der Waals surface area contributed by atoms with Gasteiger partial charge < -0.3 is 5.32 Å². The second-order valence-electron chi connectivity index (χ2n) is 6.74. The van der Waals surface area contributed by atoms with Gasteiger partial charge in [-0.15, -0.1) is 0 Å². The lowest BCUT2D eigenvalue weighted by atomic mass is 9.94. The number of unbranched alkanes of at least 4 members (excludes halogenated alkanes) is 2. The van der Waals surface area contributed by atoms with E-state index in [0.29, 0.717) is 19.4 Å². The second kappa shape index (κ2) is 10.2. The SMILES string of the molecule is CCC(=O)CCCCCNC(=O)CCN1C(=O)CC(C(C)C)C1=O.[HH]. The Morgan fingerprint density at radius 1 is 1.21 bits per heavy atom. The molecule has 6 nitrogen and oxygen atoms in total. The van der Waals surface area contributed by atoms with E-state index in [9.17, 15) is 19.2 Å². The summed E-state index contributed by atoms with van der Waals surface area (Å²) in [4.78, 5) is 48.2. The number of likely N-dealkylation sites (tertiary alicyclic amines) is 1. The van der Waals surface area contributed by atoms with E-state index in [-0.39, 0.29) is 56.2 Å². The fraction of sp³-hybridized carbons (Fsp3) is 0.778. The van der Waals surface area contributed by atoms with Crippen LogP contribution < -0.4 is 5.32 Å². The molecule has 0 aromatic heterocycles. The number of rotatable bonds is 11. The Morgan fingerprint density at radius 2 is 1.92 bits per heavy atom. The number of hydrogen-bond donors (Lipinski definition) is 1. The van der Waals surface area contributed by atoms with Gasteiger partial charge in [-0.1, -0.05) is 27.2 Å². The monoisotopic (exact) mass is 340 g/mol. The molecule has 1 rings (SSSR count). The normalized spacial score (nSPS) is 17.7. The Kier molecular flexibility index (Phi) is 8.65. The van der Waals surface area contributed by atoms with Crippen LogP contribution in [-0.4, -0.2) is 41.5 Å². The highest BCUT2D eigenvalue weighted by Gasteiger charge is 2.39. The number of Topliss-reactive ketones (excluding diaryl/α,β-unsaturated/α-hetero) is 1. The van der Waals surface area contributed by atoms with Gasteiger partial charge in [0.25, 0.3) is 0 Å². The Hall–Kier alpha value is -1.72. The Labute approximate surface area is 145 Å². The van der Waals surface area contributed by atoms with Crippen LogP contribution in [0.5, 0.6) is 0 Å². The number of amides is 3. The summed E-state index contributed by atoms with van der Waals surface area (Å²) in [5, 5.41) is 2.80. The summed E-state index contributed by atoms with van der Waals surface area (Å²) in [6.45, 7) is 6.45. The molecule has 0 bridgehead atoms. The Morgan fingerprint density at radius 3 is 2.50 bits per heavy atom. The highest BCUT2D eigenvalue weighted by atomic mass is 16.2.